The summed E-state index contributed by atoms with van der Waals surface area (Å²) in [5.41, 5.74) is 1.82. The fourth-order valence-corrected chi connectivity index (χ4v) is 1.63. The number of carbonyl (C=O) groups is 1. The van der Waals surface area contributed by atoms with Gasteiger partial charge >= 0.3 is 0 Å². The number of hydrogen-bond donors (Lipinski definition) is 1. The lowest BCUT2D eigenvalue weighted by Gasteiger charge is -2.06. The molecule has 2 rings (SSSR count). The van der Waals surface area contributed by atoms with E-state index in [4.69, 9.17) is 4.74 Å². The first kappa shape index (κ1) is 14.0. The van der Waals surface area contributed by atoms with Gasteiger partial charge in [0.25, 0.3) is 0 Å². The van der Waals surface area contributed by atoms with E-state index < -0.39 is 0 Å². The molecular weight excluding hydrogens is 254 g/mol. The lowest BCUT2D eigenvalue weighted by atomic mass is 10.1. The Morgan fingerprint density at radius 2 is 1.95 bits per heavy atom. The first-order valence-electron chi connectivity index (χ1n) is 6.58. The number of rotatable bonds is 6. The molecule has 1 aromatic carbocycles. The summed E-state index contributed by atoms with van der Waals surface area (Å²) in [4.78, 5) is 11.0. The van der Waals surface area contributed by atoms with Crippen LogP contribution in [0.4, 0.5) is 0 Å². The van der Waals surface area contributed by atoms with Crippen molar-refractivity contribution in [1.29, 1.82) is 0 Å². The Morgan fingerprint density at radius 3 is 2.60 bits per heavy atom. The van der Waals surface area contributed by atoms with Gasteiger partial charge in [-0.2, -0.15) is 0 Å². The van der Waals surface area contributed by atoms with Crippen LogP contribution in [-0.2, 0) is 4.79 Å². The van der Waals surface area contributed by atoms with Crippen LogP contribution in [0, 0.1) is 0 Å². The third-order valence-corrected chi connectivity index (χ3v) is 2.70. The second-order valence-electron chi connectivity index (χ2n) is 4.17. The van der Waals surface area contributed by atoms with E-state index in [-0.39, 0.29) is 5.91 Å². The number of aromatic nitrogens is 2. The number of carbonyl (C=O) groups excluding carboxylic acids is 1. The van der Waals surface area contributed by atoms with Crippen molar-refractivity contribution in [2.45, 2.75) is 13.3 Å². The number of benzene rings is 1. The van der Waals surface area contributed by atoms with Crippen molar-refractivity contribution in [3.05, 3.63) is 42.5 Å². The van der Waals surface area contributed by atoms with E-state index in [1.807, 2.05) is 43.3 Å². The van der Waals surface area contributed by atoms with E-state index in [2.05, 4.69) is 15.5 Å². The second-order valence-corrected chi connectivity index (χ2v) is 4.17. The number of hydrogen-bond acceptors (Lipinski definition) is 4. The molecule has 5 nitrogen and oxygen atoms in total. The van der Waals surface area contributed by atoms with Gasteiger partial charge < -0.3 is 10.1 Å². The van der Waals surface area contributed by atoms with Gasteiger partial charge in [0, 0.05) is 18.1 Å². The molecule has 1 amide bonds. The minimum absolute atomic E-state index is 0.0131. The summed E-state index contributed by atoms with van der Waals surface area (Å²) in [5.74, 6) is 0.467. The zero-order valence-corrected chi connectivity index (χ0v) is 11.4. The molecule has 0 spiro atoms. The van der Waals surface area contributed by atoms with Crippen molar-refractivity contribution in [3.63, 3.8) is 0 Å². The molecule has 104 valence electrons. The van der Waals surface area contributed by atoms with Crippen molar-refractivity contribution in [3.8, 4) is 17.1 Å². The van der Waals surface area contributed by atoms with E-state index in [0.29, 0.717) is 25.5 Å². The Labute approximate surface area is 118 Å². The SMILES string of the molecule is CCC(=O)NCCOc1ccc(-c2ccccc2)nn1. The van der Waals surface area contributed by atoms with Crippen LogP contribution >= 0.6 is 0 Å². The summed E-state index contributed by atoms with van der Waals surface area (Å²) >= 11 is 0. The number of nitrogens with one attached hydrogen (secondary N) is 1. The summed E-state index contributed by atoms with van der Waals surface area (Å²) in [6.07, 6.45) is 0.478. The van der Waals surface area contributed by atoms with E-state index in [1.54, 1.807) is 6.07 Å². The fraction of sp³-hybridized carbons (Fsp3) is 0.267. The van der Waals surface area contributed by atoms with Crippen LogP contribution in [-0.4, -0.2) is 29.3 Å². The van der Waals surface area contributed by atoms with Crippen molar-refractivity contribution >= 4 is 5.91 Å². The second kappa shape index (κ2) is 7.23. The summed E-state index contributed by atoms with van der Waals surface area (Å²) in [5, 5.41) is 10.9. The minimum Gasteiger partial charge on any atom is -0.475 e. The van der Waals surface area contributed by atoms with Crippen LogP contribution in [0.15, 0.2) is 42.5 Å². The number of nitrogens with zero attached hydrogens (tertiary/aromatic N) is 2. The number of amides is 1. The molecule has 2 aromatic rings. The molecule has 0 aliphatic carbocycles. The van der Waals surface area contributed by atoms with Crippen LogP contribution in [0.1, 0.15) is 13.3 Å². The van der Waals surface area contributed by atoms with Crippen molar-refractivity contribution < 1.29 is 9.53 Å². The highest BCUT2D eigenvalue weighted by Gasteiger charge is 2.01. The van der Waals surface area contributed by atoms with Gasteiger partial charge in [-0.05, 0) is 6.07 Å². The molecule has 0 unspecified atom stereocenters. The average molecular weight is 271 g/mol. The molecule has 1 heterocycles. The molecule has 1 N–H and O–H groups in total. The maximum atomic E-state index is 11.0. The molecule has 0 aliphatic heterocycles. The Balaban J connectivity index is 1.85. The van der Waals surface area contributed by atoms with Crippen molar-refractivity contribution in [2.24, 2.45) is 0 Å². The standard InChI is InChI=1S/C15H17N3O2/c1-2-14(19)16-10-11-20-15-9-8-13(17-18-15)12-6-4-3-5-7-12/h3-9H,2,10-11H2,1H3,(H,16,19). The highest BCUT2D eigenvalue weighted by molar-refractivity contribution is 5.75. The predicted molar refractivity (Wildman–Crippen MR) is 76.3 cm³/mol. The molecule has 0 fully saturated rings. The first-order chi connectivity index (χ1) is 9.79. The summed E-state index contributed by atoms with van der Waals surface area (Å²) in [7, 11) is 0. The van der Waals surface area contributed by atoms with Gasteiger partial charge in [0.15, 0.2) is 0 Å². The van der Waals surface area contributed by atoms with Crippen LogP contribution in [0.25, 0.3) is 11.3 Å². The predicted octanol–water partition coefficient (Wildman–Crippen LogP) is 2.05. The number of ether oxygens (including phenoxy) is 1. The van der Waals surface area contributed by atoms with Gasteiger partial charge in [-0.25, -0.2) is 0 Å². The van der Waals surface area contributed by atoms with Crippen molar-refractivity contribution in [1.82, 2.24) is 15.5 Å². The molecule has 0 radical (unpaired) electrons. The third-order valence-electron chi connectivity index (χ3n) is 2.70. The quantitative estimate of drug-likeness (QED) is 0.817. The van der Waals surface area contributed by atoms with Gasteiger partial charge in [-0.15, -0.1) is 10.2 Å². The van der Waals surface area contributed by atoms with Crippen LogP contribution in [0.3, 0.4) is 0 Å². The molecule has 5 heteroatoms. The van der Waals surface area contributed by atoms with Crippen LogP contribution < -0.4 is 10.1 Å². The molecule has 1 aromatic heterocycles. The summed E-state index contributed by atoms with van der Waals surface area (Å²) < 4.78 is 5.40. The van der Waals surface area contributed by atoms with E-state index in [9.17, 15) is 4.79 Å². The molecular formula is C15H17N3O2. The first-order valence-corrected chi connectivity index (χ1v) is 6.58. The van der Waals surface area contributed by atoms with Crippen LogP contribution in [0.5, 0.6) is 5.88 Å². The molecule has 0 bridgehead atoms. The average Bonchev–Trinajstić information content (AvgIpc) is 2.52. The Bertz CT molecular complexity index is 541. The van der Waals surface area contributed by atoms with Gasteiger partial charge in [0.05, 0.1) is 12.2 Å². The van der Waals surface area contributed by atoms with Gasteiger partial charge in [0.1, 0.15) is 6.61 Å². The zero-order valence-electron chi connectivity index (χ0n) is 11.4. The van der Waals surface area contributed by atoms with Gasteiger partial charge in [-0.1, -0.05) is 37.3 Å². The zero-order chi connectivity index (χ0) is 14.2. The summed E-state index contributed by atoms with van der Waals surface area (Å²) in [6, 6.07) is 13.5. The molecule has 20 heavy (non-hydrogen) atoms. The highest BCUT2D eigenvalue weighted by atomic mass is 16.5. The van der Waals surface area contributed by atoms with E-state index >= 15 is 0 Å². The normalized spacial score (nSPS) is 10.1. The molecule has 0 atom stereocenters. The summed E-state index contributed by atoms with van der Waals surface area (Å²) in [6.45, 7) is 2.66. The van der Waals surface area contributed by atoms with E-state index in [0.717, 1.165) is 11.3 Å². The minimum atomic E-state index is 0.0131. The molecule has 0 aliphatic rings. The highest BCUT2D eigenvalue weighted by Crippen LogP contribution is 2.16. The molecule has 0 saturated carbocycles. The monoisotopic (exact) mass is 271 g/mol. The Morgan fingerprint density at radius 1 is 1.15 bits per heavy atom. The fourth-order valence-electron chi connectivity index (χ4n) is 1.63. The maximum absolute atomic E-state index is 11.0. The van der Waals surface area contributed by atoms with E-state index in [1.165, 1.54) is 0 Å². The Hall–Kier alpha value is -2.43. The van der Waals surface area contributed by atoms with Gasteiger partial charge in [0.2, 0.25) is 11.8 Å². The van der Waals surface area contributed by atoms with Crippen molar-refractivity contribution in [2.75, 3.05) is 13.2 Å². The topological polar surface area (TPSA) is 64.1 Å². The Kier molecular flexibility index (Phi) is 5.06. The smallest absolute Gasteiger partial charge is 0.233 e. The third kappa shape index (κ3) is 4.05. The largest absolute Gasteiger partial charge is 0.475 e. The molecule has 0 saturated heterocycles. The maximum Gasteiger partial charge on any atom is 0.233 e. The van der Waals surface area contributed by atoms with Crippen LogP contribution in [0.2, 0.25) is 0 Å². The van der Waals surface area contributed by atoms with Gasteiger partial charge in [-0.3, -0.25) is 4.79 Å². The lowest BCUT2D eigenvalue weighted by molar-refractivity contribution is -0.120. The lowest BCUT2D eigenvalue weighted by Crippen LogP contribution is -2.27.